The molecular formula is C33H40N2O10. The predicted octanol–water partition coefficient (Wildman–Crippen LogP) is 3.59. The molecule has 1 saturated heterocycles. The van der Waals surface area contributed by atoms with Crippen LogP contribution in [0.1, 0.15) is 68.9 Å². The Bertz CT molecular complexity index is 1370. The molecule has 2 aromatic rings. The van der Waals surface area contributed by atoms with Gasteiger partial charge in [-0.05, 0) is 31.7 Å². The summed E-state index contributed by atoms with van der Waals surface area (Å²) in [6.45, 7) is 4.25. The number of esters is 4. The zero-order valence-corrected chi connectivity index (χ0v) is 26.0. The lowest BCUT2D eigenvalue weighted by Crippen LogP contribution is -2.47. The highest BCUT2D eigenvalue weighted by Gasteiger charge is 2.42. The molecule has 45 heavy (non-hydrogen) atoms. The maximum atomic E-state index is 13.5. The molecule has 12 heteroatoms. The molecule has 2 heterocycles. The fraction of sp³-hybridized carbons (Fsp3) is 0.515. The zero-order valence-electron chi connectivity index (χ0n) is 26.0. The van der Waals surface area contributed by atoms with Gasteiger partial charge in [0.15, 0.2) is 23.6 Å². The first-order chi connectivity index (χ1) is 21.6. The van der Waals surface area contributed by atoms with Gasteiger partial charge in [-0.25, -0.2) is 9.78 Å². The van der Waals surface area contributed by atoms with E-state index < -0.39 is 66.5 Å². The monoisotopic (exact) mass is 624 g/mol. The largest absolute Gasteiger partial charge is 0.493 e. The molecule has 1 aliphatic heterocycles. The predicted molar refractivity (Wildman–Crippen MR) is 159 cm³/mol. The molecular weight excluding hydrogens is 584 g/mol. The molecule has 4 unspecified atom stereocenters. The lowest BCUT2D eigenvalue weighted by molar-refractivity contribution is -0.176. The standard InChI is InChI=1S/C33H40N2O10/c1-19(2)30(37)44-27-20(3)43-33(40)24(18-42-32(39)23(27)17-21-11-7-5-8-12-21)35-29(36)26-28(25(41-4)15-16-34-26)45-31(38)22-13-9-6-10-14-22/h5,7-8,11-12,15-16,19-20,22-24,27H,6,9-10,13-14,17-18H2,1-4H3,(H,35,36). The van der Waals surface area contributed by atoms with Crippen molar-refractivity contribution in [3.05, 3.63) is 53.9 Å². The molecule has 4 atom stereocenters. The first-order valence-corrected chi connectivity index (χ1v) is 15.3. The lowest BCUT2D eigenvalue weighted by Gasteiger charge is -2.29. The Labute approximate surface area is 262 Å². The van der Waals surface area contributed by atoms with Gasteiger partial charge in [-0.3, -0.25) is 19.2 Å². The lowest BCUT2D eigenvalue weighted by atomic mass is 9.89. The molecule has 4 rings (SSSR count). The third kappa shape index (κ3) is 8.58. The topological polar surface area (TPSA) is 156 Å². The number of benzene rings is 1. The second-order valence-electron chi connectivity index (χ2n) is 11.6. The summed E-state index contributed by atoms with van der Waals surface area (Å²) >= 11 is 0. The van der Waals surface area contributed by atoms with E-state index in [0.29, 0.717) is 12.8 Å². The molecule has 1 N–H and O–H groups in total. The van der Waals surface area contributed by atoms with Crippen molar-refractivity contribution in [3.63, 3.8) is 0 Å². The van der Waals surface area contributed by atoms with Crippen LogP contribution in [-0.4, -0.2) is 66.7 Å². The fourth-order valence-corrected chi connectivity index (χ4v) is 5.35. The number of rotatable bonds is 9. The van der Waals surface area contributed by atoms with Crippen LogP contribution in [0.4, 0.5) is 0 Å². The molecule has 0 spiro atoms. The molecule has 242 valence electrons. The summed E-state index contributed by atoms with van der Waals surface area (Å²) < 4.78 is 27.9. The molecule has 12 nitrogen and oxygen atoms in total. The Morgan fingerprint density at radius 2 is 1.73 bits per heavy atom. The molecule has 1 aromatic heterocycles. The highest BCUT2D eigenvalue weighted by Crippen LogP contribution is 2.33. The van der Waals surface area contributed by atoms with Gasteiger partial charge in [0.1, 0.15) is 18.6 Å². The van der Waals surface area contributed by atoms with Gasteiger partial charge >= 0.3 is 23.9 Å². The smallest absolute Gasteiger partial charge is 0.332 e. The van der Waals surface area contributed by atoms with Crippen LogP contribution in [0.3, 0.4) is 0 Å². The van der Waals surface area contributed by atoms with Crippen molar-refractivity contribution >= 4 is 29.8 Å². The Kier molecular flexibility index (Phi) is 11.5. The Morgan fingerprint density at radius 3 is 2.40 bits per heavy atom. The molecule has 2 fully saturated rings. The quantitative estimate of drug-likeness (QED) is 0.321. The number of nitrogens with one attached hydrogen (secondary N) is 1. The van der Waals surface area contributed by atoms with Crippen molar-refractivity contribution in [2.24, 2.45) is 17.8 Å². The number of nitrogens with zero attached hydrogens (tertiary/aromatic N) is 1. The first-order valence-electron chi connectivity index (χ1n) is 15.3. The number of hydrogen-bond acceptors (Lipinski definition) is 11. The van der Waals surface area contributed by atoms with Crippen molar-refractivity contribution < 1.29 is 47.7 Å². The molecule has 0 radical (unpaired) electrons. The summed E-state index contributed by atoms with van der Waals surface area (Å²) in [4.78, 5) is 70.0. The van der Waals surface area contributed by atoms with Crippen molar-refractivity contribution in [1.29, 1.82) is 0 Å². The summed E-state index contributed by atoms with van der Waals surface area (Å²) in [6.07, 6.45) is 3.44. The van der Waals surface area contributed by atoms with Crippen molar-refractivity contribution in [3.8, 4) is 11.5 Å². The average Bonchev–Trinajstić information content (AvgIpc) is 3.07. The minimum absolute atomic E-state index is 0.106. The van der Waals surface area contributed by atoms with Crippen molar-refractivity contribution in [1.82, 2.24) is 10.3 Å². The number of amides is 1. The van der Waals surface area contributed by atoms with E-state index in [1.165, 1.54) is 26.3 Å². The summed E-state index contributed by atoms with van der Waals surface area (Å²) in [6, 6.07) is 9.10. The summed E-state index contributed by atoms with van der Waals surface area (Å²) in [7, 11) is 1.36. The van der Waals surface area contributed by atoms with Gasteiger partial charge in [0.2, 0.25) is 5.75 Å². The third-order valence-electron chi connectivity index (χ3n) is 7.91. The van der Waals surface area contributed by atoms with E-state index in [1.807, 2.05) is 30.3 Å². The van der Waals surface area contributed by atoms with E-state index in [-0.39, 0.29) is 29.5 Å². The van der Waals surface area contributed by atoms with Gasteiger partial charge in [0, 0.05) is 12.3 Å². The van der Waals surface area contributed by atoms with Crippen LogP contribution < -0.4 is 14.8 Å². The number of aromatic nitrogens is 1. The second-order valence-corrected chi connectivity index (χ2v) is 11.6. The van der Waals surface area contributed by atoms with Crippen LogP contribution >= 0.6 is 0 Å². The number of carbonyl (C=O) groups is 5. The normalized spacial score (nSPS) is 22.6. The van der Waals surface area contributed by atoms with Crippen LogP contribution in [-0.2, 0) is 39.8 Å². The van der Waals surface area contributed by atoms with Gasteiger partial charge in [0.25, 0.3) is 5.91 Å². The SMILES string of the molecule is COc1ccnc(C(=O)NC2COC(=O)C(Cc3ccccc3)C(OC(=O)C(C)C)C(C)OC2=O)c1OC(=O)C1CCCCC1. The number of ether oxygens (including phenoxy) is 5. The van der Waals surface area contributed by atoms with Crippen LogP contribution in [0.15, 0.2) is 42.6 Å². The van der Waals surface area contributed by atoms with E-state index in [4.69, 9.17) is 23.7 Å². The number of hydrogen-bond donors (Lipinski definition) is 1. The molecule has 1 aromatic carbocycles. The van der Waals surface area contributed by atoms with Gasteiger partial charge in [-0.1, -0.05) is 63.4 Å². The Balaban J connectivity index is 1.57. The molecule has 2 aliphatic rings. The average molecular weight is 625 g/mol. The zero-order chi connectivity index (χ0) is 32.5. The van der Waals surface area contributed by atoms with Gasteiger partial charge in [-0.2, -0.15) is 0 Å². The third-order valence-corrected chi connectivity index (χ3v) is 7.91. The molecule has 1 amide bonds. The van der Waals surface area contributed by atoms with E-state index in [1.54, 1.807) is 13.8 Å². The minimum Gasteiger partial charge on any atom is -0.493 e. The van der Waals surface area contributed by atoms with Gasteiger partial charge in [-0.15, -0.1) is 0 Å². The van der Waals surface area contributed by atoms with E-state index >= 15 is 0 Å². The highest BCUT2D eigenvalue weighted by atomic mass is 16.6. The minimum atomic E-state index is -1.45. The summed E-state index contributed by atoms with van der Waals surface area (Å²) in [5.41, 5.74) is 0.489. The molecule has 1 aliphatic carbocycles. The first kappa shape index (κ1) is 33.4. The summed E-state index contributed by atoms with van der Waals surface area (Å²) in [5.74, 6) is -5.49. The van der Waals surface area contributed by atoms with Crippen LogP contribution in [0.2, 0.25) is 0 Å². The molecule has 1 saturated carbocycles. The van der Waals surface area contributed by atoms with Crippen LogP contribution in [0, 0.1) is 17.8 Å². The Hall–Kier alpha value is -4.48. The van der Waals surface area contributed by atoms with Crippen LogP contribution in [0.25, 0.3) is 0 Å². The van der Waals surface area contributed by atoms with E-state index in [0.717, 1.165) is 24.8 Å². The molecule has 0 bridgehead atoms. The maximum absolute atomic E-state index is 13.5. The fourth-order valence-electron chi connectivity index (χ4n) is 5.35. The summed E-state index contributed by atoms with van der Waals surface area (Å²) in [5, 5.41) is 2.50. The van der Waals surface area contributed by atoms with Crippen molar-refractivity contribution in [2.75, 3.05) is 13.7 Å². The van der Waals surface area contributed by atoms with Crippen LogP contribution in [0.5, 0.6) is 11.5 Å². The number of carbonyl (C=O) groups excluding carboxylic acids is 5. The Morgan fingerprint density at radius 1 is 1.02 bits per heavy atom. The van der Waals surface area contributed by atoms with Crippen molar-refractivity contribution in [2.45, 2.75) is 77.5 Å². The maximum Gasteiger partial charge on any atom is 0.332 e. The number of pyridine rings is 1. The number of methoxy groups -OCH3 is 1. The van der Waals surface area contributed by atoms with Gasteiger partial charge < -0.3 is 29.0 Å². The van der Waals surface area contributed by atoms with E-state index in [9.17, 15) is 24.0 Å². The van der Waals surface area contributed by atoms with E-state index in [2.05, 4.69) is 10.3 Å². The number of cyclic esters (lactones) is 2. The van der Waals surface area contributed by atoms with Gasteiger partial charge in [0.05, 0.1) is 18.9 Å². The second kappa shape index (κ2) is 15.5. The highest BCUT2D eigenvalue weighted by molar-refractivity contribution is 5.99.